The second-order valence-electron chi connectivity index (χ2n) is 15.1. The van der Waals surface area contributed by atoms with Gasteiger partial charge in [-0.25, -0.2) is 14.1 Å². The maximum Gasteiger partial charge on any atom is 0.188 e. The molecular weight excluding hydrogens is 888 g/mol. The van der Waals surface area contributed by atoms with Crippen molar-refractivity contribution in [3.8, 4) is 22.6 Å². The molecule has 10 aromatic rings. The Morgan fingerprint density at radius 1 is 0.586 bits per heavy atom. The van der Waals surface area contributed by atoms with E-state index in [0.29, 0.717) is 5.92 Å². The van der Waals surface area contributed by atoms with Crippen molar-refractivity contribution in [1.82, 2.24) is 18.7 Å². The molecule has 58 heavy (non-hydrogen) atoms. The van der Waals surface area contributed by atoms with Crippen LogP contribution in [0.5, 0.6) is 0 Å². The van der Waals surface area contributed by atoms with Crippen LogP contribution in [0.3, 0.4) is 0 Å². The Morgan fingerprint density at radius 2 is 1.22 bits per heavy atom. The predicted octanol–water partition coefficient (Wildman–Crippen LogP) is 12.5. The first-order valence-corrected chi connectivity index (χ1v) is 19.6. The van der Waals surface area contributed by atoms with Crippen LogP contribution in [-0.4, -0.2) is 18.7 Å². The summed E-state index contributed by atoms with van der Waals surface area (Å²) in [6.07, 6.45) is 4.08. The molecule has 0 bridgehead atoms. The van der Waals surface area contributed by atoms with E-state index in [0.717, 1.165) is 72.2 Å². The van der Waals surface area contributed by atoms with Gasteiger partial charge in [0, 0.05) is 63.1 Å². The van der Waals surface area contributed by atoms with Crippen molar-refractivity contribution in [3.05, 3.63) is 228 Å². The monoisotopic (exact) mass is 928 g/mol. The van der Waals surface area contributed by atoms with Gasteiger partial charge in [0.2, 0.25) is 0 Å². The van der Waals surface area contributed by atoms with Gasteiger partial charge in [-0.15, -0.1) is 22.6 Å². The van der Waals surface area contributed by atoms with E-state index in [9.17, 15) is 0 Å². The first-order valence-electron chi connectivity index (χ1n) is 19.6. The summed E-state index contributed by atoms with van der Waals surface area (Å²) in [6, 6.07) is 71.0. The standard InChI is InChI=1S/C53H41N4.Pt/c1-37(2)44-23-10-11-24-45(44)38-31-32-54-52(33-38)57-48-26-13-12-25-46(48)47-30-29-42(35-51(47)57)53(39-17-6-4-7-18-39,40-19-8-5-9-20-40)41-21-16-22-43(34-41)56-36-55(3)49-27-14-15-28-50(49)56;/h4-33,36-37H,1-3H3;/q-1;. The van der Waals surface area contributed by atoms with Crippen molar-refractivity contribution in [2.24, 2.45) is 7.05 Å². The number of imidazole rings is 1. The van der Waals surface area contributed by atoms with Crippen molar-refractivity contribution in [1.29, 1.82) is 0 Å². The van der Waals surface area contributed by atoms with Gasteiger partial charge < -0.3 is 4.57 Å². The van der Waals surface area contributed by atoms with Crippen LogP contribution in [0.2, 0.25) is 0 Å². The quantitative estimate of drug-likeness (QED) is 0.110. The summed E-state index contributed by atoms with van der Waals surface area (Å²) < 4.78 is 6.70. The number of hydrogen-bond donors (Lipinski definition) is 0. The molecule has 0 saturated heterocycles. The molecule has 0 spiro atoms. The SMILES string of the molecule is CC(C)c1ccccc1-c1ccnc(-n2c3[c-]c(C(c4[c-]c(-n5[cH+]n(C)c6ccccc65)ccc4)(c4ccccc4)c4ccccc4)ccc3c3ccccc32)c1.[Pt]. The molecule has 3 aromatic heterocycles. The minimum absolute atomic E-state index is 0. The third-order valence-corrected chi connectivity index (χ3v) is 11.5. The molecule has 0 aliphatic carbocycles. The van der Waals surface area contributed by atoms with Crippen LogP contribution in [0.1, 0.15) is 47.6 Å². The molecule has 0 N–H and O–H groups in total. The zero-order valence-corrected chi connectivity index (χ0v) is 34.9. The molecule has 0 aliphatic rings. The fourth-order valence-electron chi connectivity index (χ4n) is 8.90. The fraction of sp³-hybridized carbons (Fsp3) is 0.0943. The number of nitrogens with zero attached hydrogens (tertiary/aromatic N) is 4. The topological polar surface area (TPSA) is 27.7 Å². The van der Waals surface area contributed by atoms with Crippen molar-refractivity contribution in [3.63, 3.8) is 0 Å². The van der Waals surface area contributed by atoms with Gasteiger partial charge in [0.15, 0.2) is 17.4 Å². The van der Waals surface area contributed by atoms with E-state index >= 15 is 0 Å². The number of para-hydroxylation sites is 3. The van der Waals surface area contributed by atoms with Gasteiger partial charge in [0.05, 0.1) is 0 Å². The minimum atomic E-state index is -0.773. The summed E-state index contributed by atoms with van der Waals surface area (Å²) in [4.78, 5) is 5.05. The van der Waals surface area contributed by atoms with E-state index in [1.807, 2.05) is 6.20 Å². The number of pyridine rings is 1. The normalized spacial score (nSPS) is 11.7. The smallest absolute Gasteiger partial charge is 0.188 e. The van der Waals surface area contributed by atoms with E-state index < -0.39 is 5.41 Å². The number of aryl methyl sites for hydroxylation is 1. The first kappa shape index (κ1) is 37.2. The maximum absolute atomic E-state index is 5.05. The summed E-state index contributed by atoms with van der Waals surface area (Å²) in [7, 11) is 2.10. The largest absolute Gasteiger partial charge is 0.319 e. The third-order valence-electron chi connectivity index (χ3n) is 11.5. The van der Waals surface area contributed by atoms with Gasteiger partial charge >= 0.3 is 0 Å². The van der Waals surface area contributed by atoms with Crippen LogP contribution in [0.25, 0.3) is 55.5 Å². The van der Waals surface area contributed by atoms with E-state index in [-0.39, 0.29) is 21.1 Å². The Kier molecular flexibility index (Phi) is 9.75. The second-order valence-corrected chi connectivity index (χ2v) is 15.1. The van der Waals surface area contributed by atoms with E-state index in [1.54, 1.807) is 0 Å². The van der Waals surface area contributed by atoms with Gasteiger partial charge in [0.25, 0.3) is 0 Å². The van der Waals surface area contributed by atoms with Crippen molar-refractivity contribution >= 4 is 32.8 Å². The second kappa shape index (κ2) is 15.2. The fourth-order valence-corrected chi connectivity index (χ4v) is 8.90. The molecule has 7 aromatic carbocycles. The summed E-state index contributed by atoms with van der Waals surface area (Å²) >= 11 is 0. The van der Waals surface area contributed by atoms with Crippen LogP contribution in [0.15, 0.2) is 188 Å². The predicted molar refractivity (Wildman–Crippen MR) is 234 cm³/mol. The number of hydrogen-bond acceptors (Lipinski definition) is 1. The Hall–Kier alpha value is -6.35. The number of benzene rings is 7. The Morgan fingerprint density at radius 3 is 1.97 bits per heavy atom. The molecule has 0 amide bonds. The maximum atomic E-state index is 5.05. The number of rotatable bonds is 8. The van der Waals surface area contributed by atoms with Gasteiger partial charge in [-0.05, 0) is 69.5 Å². The summed E-state index contributed by atoms with van der Waals surface area (Å²) in [5, 5.41) is 2.29. The molecule has 0 saturated carbocycles. The molecule has 0 fully saturated rings. The Balaban J connectivity index is 0.00000436. The van der Waals surface area contributed by atoms with Gasteiger partial charge in [-0.3, -0.25) is 0 Å². The zero-order valence-electron chi connectivity index (χ0n) is 32.6. The molecule has 5 heteroatoms. The summed E-state index contributed by atoms with van der Waals surface area (Å²) in [6.45, 7) is 4.51. The Bertz CT molecular complexity index is 3030. The van der Waals surface area contributed by atoms with Crippen molar-refractivity contribution < 1.29 is 21.1 Å². The first-order chi connectivity index (χ1) is 28.0. The molecular formula is C53H41N4Pt-. The summed E-state index contributed by atoms with van der Waals surface area (Å²) in [5.41, 5.74) is 12.6. The van der Waals surface area contributed by atoms with Gasteiger partial charge in [-0.1, -0.05) is 129 Å². The average Bonchev–Trinajstić information content (AvgIpc) is 3.79. The molecule has 10 rings (SSSR count). The molecule has 284 valence electrons. The van der Waals surface area contributed by atoms with Crippen molar-refractivity contribution in [2.45, 2.75) is 25.2 Å². The molecule has 0 atom stereocenters. The molecule has 0 aliphatic heterocycles. The van der Waals surface area contributed by atoms with Crippen LogP contribution in [-0.2, 0) is 33.5 Å². The zero-order chi connectivity index (χ0) is 38.5. The van der Waals surface area contributed by atoms with Gasteiger partial charge in [0.1, 0.15) is 5.82 Å². The van der Waals surface area contributed by atoms with Crippen LogP contribution >= 0.6 is 0 Å². The van der Waals surface area contributed by atoms with E-state index in [2.05, 4.69) is 229 Å². The summed E-state index contributed by atoms with van der Waals surface area (Å²) in [5.74, 6) is 1.25. The van der Waals surface area contributed by atoms with E-state index in [1.165, 1.54) is 11.1 Å². The molecule has 4 nitrogen and oxygen atoms in total. The van der Waals surface area contributed by atoms with Crippen LogP contribution in [0.4, 0.5) is 0 Å². The molecule has 0 radical (unpaired) electrons. The molecule has 3 heterocycles. The van der Waals surface area contributed by atoms with Crippen LogP contribution in [0, 0.1) is 12.1 Å². The number of aromatic nitrogens is 4. The number of fused-ring (bicyclic) bond motifs is 4. The average molecular weight is 929 g/mol. The molecule has 0 unspecified atom stereocenters. The minimum Gasteiger partial charge on any atom is -0.319 e. The van der Waals surface area contributed by atoms with Gasteiger partial charge in [-0.2, -0.15) is 30.3 Å². The third kappa shape index (κ3) is 6.03. The Labute approximate surface area is 354 Å². The van der Waals surface area contributed by atoms with Crippen LogP contribution < -0.4 is 0 Å². The van der Waals surface area contributed by atoms with E-state index in [4.69, 9.17) is 4.98 Å². The van der Waals surface area contributed by atoms with Crippen molar-refractivity contribution in [2.75, 3.05) is 0 Å².